The molecule has 14 heavy (non-hydrogen) atoms. The van der Waals surface area contributed by atoms with Gasteiger partial charge in [-0.3, -0.25) is 0 Å². The number of hydrogen-bond donors (Lipinski definition) is 0. The van der Waals surface area contributed by atoms with Gasteiger partial charge in [-0.15, -0.1) is 10.2 Å². The fourth-order valence-corrected chi connectivity index (χ4v) is 4.39. The Bertz CT molecular complexity index is 276. The summed E-state index contributed by atoms with van der Waals surface area (Å²) < 4.78 is 1.09. The second-order valence-electron chi connectivity index (χ2n) is 3.56. The molecule has 0 bridgehead atoms. The monoisotopic (exact) mass is 294 g/mol. The molecule has 1 aromatic rings. The van der Waals surface area contributed by atoms with E-state index < -0.39 is 0 Å². The van der Waals surface area contributed by atoms with Crippen molar-refractivity contribution in [3.05, 3.63) is 5.01 Å². The molecule has 1 atom stereocenters. The highest BCUT2D eigenvalue weighted by molar-refractivity contribution is 9.09. The van der Waals surface area contributed by atoms with Crippen molar-refractivity contribution in [2.75, 3.05) is 11.1 Å². The molecule has 0 saturated carbocycles. The van der Waals surface area contributed by atoms with Crippen LogP contribution in [0.15, 0.2) is 4.34 Å². The summed E-state index contributed by atoms with van der Waals surface area (Å²) in [4.78, 5) is 0. The van der Waals surface area contributed by atoms with Crippen molar-refractivity contribution < 1.29 is 0 Å². The molecule has 1 rings (SSSR count). The lowest BCUT2D eigenvalue weighted by atomic mass is 10.0. The number of aryl methyl sites for hydroxylation is 1. The molecule has 0 amide bonds. The zero-order chi connectivity index (χ0) is 10.6. The maximum absolute atomic E-state index is 4.10. The van der Waals surface area contributed by atoms with E-state index in [1.165, 1.54) is 0 Å². The number of thioether (sulfide) groups is 1. The van der Waals surface area contributed by atoms with Gasteiger partial charge in [0.15, 0.2) is 4.34 Å². The summed E-state index contributed by atoms with van der Waals surface area (Å²) in [6.45, 7) is 6.52. The Morgan fingerprint density at radius 1 is 1.43 bits per heavy atom. The lowest BCUT2D eigenvalue weighted by molar-refractivity contribution is 0.474. The van der Waals surface area contributed by atoms with Crippen LogP contribution in [-0.4, -0.2) is 21.3 Å². The molecule has 0 saturated heterocycles. The summed E-state index contributed by atoms with van der Waals surface area (Å²) in [5.74, 6) is 2.55. The van der Waals surface area contributed by atoms with Crippen LogP contribution in [0, 0.1) is 18.8 Å². The van der Waals surface area contributed by atoms with Crippen LogP contribution in [0.3, 0.4) is 0 Å². The predicted molar refractivity (Wildman–Crippen MR) is 67.5 cm³/mol. The zero-order valence-corrected chi connectivity index (χ0v) is 11.9. The molecule has 80 valence electrons. The normalized spacial score (nSPS) is 13.5. The number of rotatable bonds is 5. The van der Waals surface area contributed by atoms with E-state index >= 15 is 0 Å². The Morgan fingerprint density at radius 2 is 2.14 bits per heavy atom. The van der Waals surface area contributed by atoms with E-state index in [4.69, 9.17) is 0 Å². The molecule has 0 aliphatic heterocycles. The second-order valence-corrected chi connectivity index (χ2v) is 6.65. The van der Waals surface area contributed by atoms with Crippen molar-refractivity contribution >= 4 is 39.0 Å². The lowest BCUT2D eigenvalue weighted by Gasteiger charge is -2.16. The predicted octanol–water partition coefficient (Wildman–Crippen LogP) is 3.61. The number of nitrogens with zero attached hydrogens (tertiary/aromatic N) is 2. The first kappa shape index (κ1) is 12.5. The molecule has 0 radical (unpaired) electrons. The fourth-order valence-electron chi connectivity index (χ4n) is 0.930. The molecule has 0 aromatic carbocycles. The van der Waals surface area contributed by atoms with E-state index in [2.05, 4.69) is 40.0 Å². The van der Waals surface area contributed by atoms with Gasteiger partial charge in [0, 0.05) is 11.1 Å². The number of aromatic nitrogens is 2. The molecule has 2 nitrogen and oxygen atoms in total. The van der Waals surface area contributed by atoms with Crippen molar-refractivity contribution in [3.8, 4) is 0 Å². The minimum absolute atomic E-state index is 0.712. The molecule has 0 N–H and O–H groups in total. The average molecular weight is 295 g/mol. The van der Waals surface area contributed by atoms with Crippen molar-refractivity contribution in [1.82, 2.24) is 10.2 Å². The van der Waals surface area contributed by atoms with Crippen LogP contribution >= 0.6 is 39.0 Å². The summed E-state index contributed by atoms with van der Waals surface area (Å²) >= 11 is 7.04. The summed E-state index contributed by atoms with van der Waals surface area (Å²) in [6.07, 6.45) is 0. The van der Waals surface area contributed by atoms with Gasteiger partial charge in [0.2, 0.25) is 0 Å². The minimum Gasteiger partial charge on any atom is -0.143 e. The Balaban J connectivity index is 2.39. The molecule has 0 spiro atoms. The Kier molecular flexibility index (Phi) is 5.41. The van der Waals surface area contributed by atoms with Gasteiger partial charge < -0.3 is 0 Å². The van der Waals surface area contributed by atoms with Gasteiger partial charge in [-0.05, 0) is 18.8 Å². The smallest absolute Gasteiger partial charge is 0.143 e. The summed E-state index contributed by atoms with van der Waals surface area (Å²) in [7, 11) is 0. The standard InChI is InChI=1S/C9H15BrN2S2/c1-6(2)8(4-10)5-13-9-12-11-7(3)14-9/h6,8H,4-5H2,1-3H3. The Hall–Kier alpha value is 0.390. The van der Waals surface area contributed by atoms with Crippen LogP contribution in [0.2, 0.25) is 0 Å². The molecule has 0 fully saturated rings. The van der Waals surface area contributed by atoms with Crippen LogP contribution in [0.4, 0.5) is 0 Å². The third kappa shape index (κ3) is 3.87. The third-order valence-corrected chi connectivity index (χ3v) is 5.06. The number of alkyl halides is 1. The van der Waals surface area contributed by atoms with Crippen molar-refractivity contribution in [1.29, 1.82) is 0 Å². The zero-order valence-electron chi connectivity index (χ0n) is 8.66. The molecular formula is C9H15BrN2S2. The first-order valence-electron chi connectivity index (χ1n) is 4.62. The van der Waals surface area contributed by atoms with Gasteiger partial charge >= 0.3 is 0 Å². The Labute approximate surface area is 102 Å². The minimum atomic E-state index is 0.712. The van der Waals surface area contributed by atoms with Crippen LogP contribution in [0.5, 0.6) is 0 Å². The van der Waals surface area contributed by atoms with E-state index in [0.29, 0.717) is 5.92 Å². The lowest BCUT2D eigenvalue weighted by Crippen LogP contribution is -2.12. The number of halogens is 1. The van der Waals surface area contributed by atoms with E-state index in [0.717, 1.165) is 26.3 Å². The van der Waals surface area contributed by atoms with Crippen molar-refractivity contribution in [2.45, 2.75) is 25.1 Å². The average Bonchev–Trinajstić information content (AvgIpc) is 2.52. The molecule has 0 aliphatic carbocycles. The number of hydrogen-bond acceptors (Lipinski definition) is 4. The van der Waals surface area contributed by atoms with Gasteiger partial charge in [-0.1, -0.05) is 52.9 Å². The molecule has 1 aromatic heterocycles. The molecular weight excluding hydrogens is 280 g/mol. The van der Waals surface area contributed by atoms with Crippen molar-refractivity contribution in [2.24, 2.45) is 11.8 Å². The van der Waals surface area contributed by atoms with E-state index in [1.54, 1.807) is 11.3 Å². The maximum Gasteiger partial charge on any atom is 0.174 e. The molecule has 1 heterocycles. The molecule has 1 unspecified atom stereocenters. The molecule has 5 heteroatoms. The van der Waals surface area contributed by atoms with Crippen LogP contribution < -0.4 is 0 Å². The van der Waals surface area contributed by atoms with Gasteiger partial charge in [0.1, 0.15) is 5.01 Å². The summed E-state index contributed by atoms with van der Waals surface area (Å²) in [5, 5.41) is 10.2. The SMILES string of the molecule is Cc1nnc(SCC(CBr)C(C)C)s1. The van der Waals surface area contributed by atoms with Gasteiger partial charge in [-0.2, -0.15) is 0 Å². The Morgan fingerprint density at radius 3 is 2.57 bits per heavy atom. The highest BCUT2D eigenvalue weighted by atomic mass is 79.9. The molecule has 0 aliphatic rings. The van der Waals surface area contributed by atoms with E-state index in [1.807, 2.05) is 18.7 Å². The highest BCUT2D eigenvalue weighted by Crippen LogP contribution is 2.27. The topological polar surface area (TPSA) is 25.8 Å². The first-order valence-corrected chi connectivity index (χ1v) is 7.54. The van der Waals surface area contributed by atoms with Gasteiger partial charge in [0.25, 0.3) is 0 Å². The second kappa shape index (κ2) is 6.08. The summed E-state index contributed by atoms with van der Waals surface area (Å²) in [6, 6.07) is 0. The summed E-state index contributed by atoms with van der Waals surface area (Å²) in [5.41, 5.74) is 0. The maximum atomic E-state index is 4.10. The van der Waals surface area contributed by atoms with Gasteiger partial charge in [0.05, 0.1) is 0 Å². The largest absolute Gasteiger partial charge is 0.174 e. The van der Waals surface area contributed by atoms with Crippen LogP contribution in [0.1, 0.15) is 18.9 Å². The van der Waals surface area contributed by atoms with Gasteiger partial charge in [-0.25, -0.2) is 0 Å². The fraction of sp³-hybridized carbons (Fsp3) is 0.778. The first-order chi connectivity index (χ1) is 6.63. The quantitative estimate of drug-likeness (QED) is 0.613. The highest BCUT2D eigenvalue weighted by Gasteiger charge is 2.13. The van der Waals surface area contributed by atoms with E-state index in [9.17, 15) is 0 Å². The van der Waals surface area contributed by atoms with Crippen LogP contribution in [-0.2, 0) is 0 Å². The van der Waals surface area contributed by atoms with Crippen LogP contribution in [0.25, 0.3) is 0 Å². The van der Waals surface area contributed by atoms with E-state index in [-0.39, 0.29) is 0 Å². The third-order valence-electron chi connectivity index (χ3n) is 2.07. The van der Waals surface area contributed by atoms with Crippen molar-refractivity contribution in [3.63, 3.8) is 0 Å².